The average Bonchev–Trinajstić information content (AvgIpc) is 2.27. The van der Waals surface area contributed by atoms with Gasteiger partial charge in [0.1, 0.15) is 5.69 Å². The molecule has 2 rings (SSSR count). The van der Waals surface area contributed by atoms with Gasteiger partial charge in [0.05, 0.1) is 11.2 Å². The molecule has 0 unspecified atom stereocenters. The Morgan fingerprint density at radius 1 is 1.31 bits per heavy atom. The number of aromatic nitrogens is 1. The van der Waals surface area contributed by atoms with Gasteiger partial charge in [-0.1, -0.05) is 17.7 Å². The number of benzene rings is 1. The number of pyridine rings is 1. The molecule has 1 heterocycles. The van der Waals surface area contributed by atoms with Crippen molar-refractivity contribution in [2.24, 2.45) is 5.84 Å². The van der Waals surface area contributed by atoms with E-state index in [-0.39, 0.29) is 11.4 Å². The number of hydrogen-bond donors (Lipinski definition) is 2. The van der Waals surface area contributed by atoms with E-state index in [1.807, 2.05) is 0 Å². The second-order valence-corrected chi connectivity index (χ2v) is 3.64. The molecule has 1 aromatic heterocycles. The number of halogens is 3. The number of rotatable bonds is 2. The van der Waals surface area contributed by atoms with Gasteiger partial charge in [-0.2, -0.15) is 0 Å². The molecule has 0 saturated heterocycles. The summed E-state index contributed by atoms with van der Waals surface area (Å²) in [6.45, 7) is 0. The molecule has 0 atom stereocenters. The van der Waals surface area contributed by atoms with Crippen molar-refractivity contribution in [3.63, 3.8) is 0 Å². The van der Waals surface area contributed by atoms with Crippen molar-refractivity contribution in [2.75, 3.05) is 5.43 Å². The highest BCUT2D eigenvalue weighted by molar-refractivity contribution is 6.31. The smallest absolute Gasteiger partial charge is 0.282 e. The third-order valence-corrected chi connectivity index (χ3v) is 2.41. The zero-order valence-corrected chi connectivity index (χ0v) is 8.80. The Morgan fingerprint density at radius 2 is 2.06 bits per heavy atom. The van der Waals surface area contributed by atoms with Crippen LogP contribution in [0.5, 0.6) is 0 Å². The molecule has 2 aromatic rings. The Bertz CT molecular complexity index is 531. The Balaban J connectivity index is 2.70. The topological polar surface area (TPSA) is 50.9 Å². The summed E-state index contributed by atoms with van der Waals surface area (Å²) >= 11 is 5.76. The highest BCUT2D eigenvalue weighted by Crippen LogP contribution is 2.29. The Kier molecular flexibility index (Phi) is 2.89. The predicted molar refractivity (Wildman–Crippen MR) is 59.5 cm³/mol. The minimum Gasteiger partial charge on any atom is -0.322 e. The van der Waals surface area contributed by atoms with E-state index in [1.165, 1.54) is 12.1 Å². The standard InChI is InChI=1S/C10H8ClF2N3/c11-6-2-1-5-3-8(16-14)9(10(12)13)15-7(5)4-6/h1-4,10,16H,14H2. The van der Waals surface area contributed by atoms with Gasteiger partial charge < -0.3 is 5.43 Å². The fourth-order valence-corrected chi connectivity index (χ4v) is 1.60. The normalized spacial score (nSPS) is 11.1. The summed E-state index contributed by atoms with van der Waals surface area (Å²) in [4.78, 5) is 3.83. The summed E-state index contributed by atoms with van der Waals surface area (Å²) in [5.74, 6) is 5.16. The van der Waals surface area contributed by atoms with Crippen LogP contribution in [0.4, 0.5) is 14.5 Å². The third-order valence-electron chi connectivity index (χ3n) is 2.17. The van der Waals surface area contributed by atoms with Crippen LogP contribution in [0.15, 0.2) is 24.3 Å². The summed E-state index contributed by atoms with van der Waals surface area (Å²) in [7, 11) is 0. The first-order chi connectivity index (χ1) is 7.61. The quantitative estimate of drug-likeness (QED) is 0.629. The van der Waals surface area contributed by atoms with E-state index in [4.69, 9.17) is 17.4 Å². The van der Waals surface area contributed by atoms with Gasteiger partial charge in [-0.05, 0) is 18.2 Å². The summed E-state index contributed by atoms with van der Waals surface area (Å²) in [6, 6.07) is 6.40. The van der Waals surface area contributed by atoms with Gasteiger partial charge in [0.25, 0.3) is 6.43 Å². The van der Waals surface area contributed by atoms with Crippen LogP contribution in [-0.4, -0.2) is 4.98 Å². The first kappa shape index (κ1) is 11.0. The molecule has 0 fully saturated rings. The highest BCUT2D eigenvalue weighted by atomic mass is 35.5. The van der Waals surface area contributed by atoms with Gasteiger partial charge in [-0.15, -0.1) is 0 Å². The molecule has 0 aliphatic rings. The lowest BCUT2D eigenvalue weighted by molar-refractivity contribution is 0.147. The van der Waals surface area contributed by atoms with E-state index < -0.39 is 6.43 Å². The third kappa shape index (κ3) is 1.91. The molecule has 0 spiro atoms. The molecular formula is C10H8ClF2N3. The second kappa shape index (κ2) is 4.19. The van der Waals surface area contributed by atoms with Crippen LogP contribution in [0, 0.1) is 0 Å². The van der Waals surface area contributed by atoms with Crippen LogP contribution >= 0.6 is 11.6 Å². The fourth-order valence-electron chi connectivity index (χ4n) is 1.44. The number of alkyl halides is 2. The van der Waals surface area contributed by atoms with Gasteiger partial charge >= 0.3 is 0 Å². The second-order valence-electron chi connectivity index (χ2n) is 3.20. The number of nitrogen functional groups attached to an aromatic ring is 1. The maximum Gasteiger partial charge on any atom is 0.282 e. The molecule has 16 heavy (non-hydrogen) atoms. The van der Waals surface area contributed by atoms with E-state index in [1.54, 1.807) is 12.1 Å². The average molecular weight is 244 g/mol. The summed E-state index contributed by atoms with van der Waals surface area (Å²) in [5.41, 5.74) is 2.36. The maximum atomic E-state index is 12.7. The van der Waals surface area contributed by atoms with Gasteiger partial charge in [0.2, 0.25) is 0 Å². The number of anilines is 1. The monoisotopic (exact) mass is 243 g/mol. The van der Waals surface area contributed by atoms with Crippen LogP contribution in [-0.2, 0) is 0 Å². The molecule has 1 aromatic carbocycles. The lowest BCUT2D eigenvalue weighted by Gasteiger charge is -2.09. The van der Waals surface area contributed by atoms with Crippen molar-refractivity contribution in [1.29, 1.82) is 0 Å². The zero-order chi connectivity index (χ0) is 11.7. The largest absolute Gasteiger partial charge is 0.322 e. The zero-order valence-electron chi connectivity index (χ0n) is 8.05. The lowest BCUT2D eigenvalue weighted by atomic mass is 10.2. The van der Waals surface area contributed by atoms with Gasteiger partial charge in [-0.25, -0.2) is 13.8 Å². The van der Waals surface area contributed by atoms with Crippen molar-refractivity contribution in [2.45, 2.75) is 6.43 Å². The summed E-state index contributed by atoms with van der Waals surface area (Å²) in [5, 5.41) is 1.15. The first-order valence-corrected chi connectivity index (χ1v) is 4.84. The Morgan fingerprint density at radius 3 is 2.69 bits per heavy atom. The number of nitrogens with two attached hydrogens (primary N) is 1. The molecule has 6 heteroatoms. The molecular weight excluding hydrogens is 236 g/mol. The molecule has 0 radical (unpaired) electrons. The summed E-state index contributed by atoms with van der Waals surface area (Å²) in [6.07, 6.45) is -2.69. The van der Waals surface area contributed by atoms with Gasteiger partial charge in [-0.3, -0.25) is 5.84 Å². The number of hydrazine groups is 1. The van der Waals surface area contributed by atoms with Crippen LogP contribution in [0.3, 0.4) is 0 Å². The van der Waals surface area contributed by atoms with E-state index in [9.17, 15) is 8.78 Å². The Hall–Kier alpha value is -1.46. The van der Waals surface area contributed by atoms with Gasteiger partial charge in [0.15, 0.2) is 0 Å². The highest BCUT2D eigenvalue weighted by Gasteiger charge is 2.15. The number of nitrogens with zero attached hydrogens (tertiary/aromatic N) is 1. The molecule has 0 aliphatic heterocycles. The number of nitrogens with one attached hydrogen (secondary N) is 1. The van der Waals surface area contributed by atoms with Crippen LogP contribution in [0.2, 0.25) is 5.02 Å². The van der Waals surface area contributed by atoms with E-state index >= 15 is 0 Å². The van der Waals surface area contributed by atoms with Gasteiger partial charge in [0, 0.05) is 10.4 Å². The van der Waals surface area contributed by atoms with Crippen LogP contribution in [0.1, 0.15) is 12.1 Å². The van der Waals surface area contributed by atoms with Crippen LogP contribution in [0.25, 0.3) is 10.9 Å². The number of fused-ring (bicyclic) bond motifs is 1. The van der Waals surface area contributed by atoms with Crippen molar-refractivity contribution < 1.29 is 8.78 Å². The van der Waals surface area contributed by atoms with Crippen molar-refractivity contribution in [3.8, 4) is 0 Å². The molecule has 0 saturated carbocycles. The number of hydrogen-bond acceptors (Lipinski definition) is 3. The van der Waals surface area contributed by atoms with E-state index in [0.29, 0.717) is 15.9 Å². The Labute approximate surface area is 95.2 Å². The molecule has 3 N–H and O–H groups in total. The SMILES string of the molecule is NNc1cc2ccc(Cl)cc2nc1C(F)F. The minimum absolute atomic E-state index is 0.116. The van der Waals surface area contributed by atoms with Crippen molar-refractivity contribution in [1.82, 2.24) is 4.98 Å². The van der Waals surface area contributed by atoms with Crippen molar-refractivity contribution >= 4 is 28.2 Å². The molecule has 0 amide bonds. The lowest BCUT2D eigenvalue weighted by Crippen LogP contribution is -2.10. The minimum atomic E-state index is -2.69. The molecule has 0 aliphatic carbocycles. The van der Waals surface area contributed by atoms with Crippen molar-refractivity contribution in [3.05, 3.63) is 35.0 Å². The van der Waals surface area contributed by atoms with E-state index in [0.717, 1.165) is 0 Å². The maximum absolute atomic E-state index is 12.7. The van der Waals surface area contributed by atoms with E-state index in [2.05, 4.69) is 10.4 Å². The first-order valence-electron chi connectivity index (χ1n) is 4.47. The summed E-state index contributed by atoms with van der Waals surface area (Å²) < 4.78 is 25.3. The molecule has 0 bridgehead atoms. The predicted octanol–water partition coefficient (Wildman–Crippen LogP) is 3.11. The van der Waals surface area contributed by atoms with Crippen LogP contribution < -0.4 is 11.3 Å². The molecule has 84 valence electrons. The molecule has 3 nitrogen and oxygen atoms in total. The fraction of sp³-hybridized carbons (Fsp3) is 0.100.